The van der Waals surface area contributed by atoms with Crippen LogP contribution in [0.25, 0.3) is 0 Å². The monoisotopic (exact) mass is 262 g/mol. The number of nitrogens with one attached hydrogen (secondary N) is 1. The van der Waals surface area contributed by atoms with Crippen LogP contribution >= 0.6 is 0 Å². The largest absolute Gasteiger partial charge is 0.384 e. The Hall–Kier alpha value is -0.940. The molecule has 0 bridgehead atoms. The molecule has 0 amide bonds. The number of para-hydroxylation sites is 1. The van der Waals surface area contributed by atoms with E-state index >= 15 is 0 Å². The first-order valence-corrected chi connectivity index (χ1v) is 7.24. The molecule has 1 aliphatic carbocycles. The van der Waals surface area contributed by atoms with Gasteiger partial charge in [0.1, 0.15) is 6.54 Å². The molecular formula is C15H24N3O+. The highest BCUT2D eigenvalue weighted by Crippen LogP contribution is 2.36. The SMILES string of the molecule is COCCC[N+]1(N)c2ccccc2C[C@@H]1NC1CC1. The lowest BCUT2D eigenvalue weighted by atomic mass is 10.1. The summed E-state index contributed by atoms with van der Waals surface area (Å²) >= 11 is 0. The van der Waals surface area contributed by atoms with Crippen molar-refractivity contribution >= 4 is 5.69 Å². The van der Waals surface area contributed by atoms with E-state index in [0.29, 0.717) is 16.8 Å². The van der Waals surface area contributed by atoms with Gasteiger partial charge in [0.2, 0.25) is 0 Å². The highest BCUT2D eigenvalue weighted by Gasteiger charge is 2.46. The van der Waals surface area contributed by atoms with Gasteiger partial charge in [-0.3, -0.25) is 5.32 Å². The van der Waals surface area contributed by atoms with Crippen molar-refractivity contribution in [2.75, 3.05) is 20.3 Å². The van der Waals surface area contributed by atoms with Crippen LogP contribution in [0.4, 0.5) is 5.69 Å². The maximum Gasteiger partial charge on any atom is 0.169 e. The first-order valence-electron chi connectivity index (χ1n) is 7.24. The third-order valence-electron chi connectivity index (χ3n) is 4.29. The molecule has 3 rings (SSSR count). The van der Waals surface area contributed by atoms with Gasteiger partial charge in [0.05, 0.1) is 6.61 Å². The second kappa shape index (κ2) is 5.21. The quantitative estimate of drug-likeness (QED) is 0.464. The maximum absolute atomic E-state index is 6.75. The molecule has 1 aliphatic heterocycles. The van der Waals surface area contributed by atoms with Crippen LogP contribution in [0.3, 0.4) is 0 Å². The summed E-state index contributed by atoms with van der Waals surface area (Å²) < 4.78 is 5.70. The molecule has 4 nitrogen and oxygen atoms in total. The lowest BCUT2D eigenvalue weighted by molar-refractivity contribution is 0.146. The summed E-state index contributed by atoms with van der Waals surface area (Å²) in [4.78, 5) is 0. The average Bonchev–Trinajstić information content (AvgIpc) is 3.18. The number of benzene rings is 1. The molecule has 2 aliphatic rings. The third kappa shape index (κ3) is 2.54. The number of ether oxygens (including phenoxy) is 1. The number of quaternary nitrogens is 1. The second-order valence-corrected chi connectivity index (χ2v) is 5.79. The molecule has 4 heteroatoms. The fraction of sp³-hybridized carbons (Fsp3) is 0.600. The Bertz CT molecular complexity index is 447. The van der Waals surface area contributed by atoms with Crippen molar-refractivity contribution in [1.82, 2.24) is 9.91 Å². The summed E-state index contributed by atoms with van der Waals surface area (Å²) in [6, 6.07) is 9.27. The molecule has 0 aromatic heterocycles. The van der Waals surface area contributed by atoms with Gasteiger partial charge in [0.25, 0.3) is 0 Å². The second-order valence-electron chi connectivity index (χ2n) is 5.79. The van der Waals surface area contributed by atoms with Crippen molar-refractivity contribution in [3.63, 3.8) is 0 Å². The van der Waals surface area contributed by atoms with E-state index in [2.05, 4.69) is 29.6 Å². The van der Waals surface area contributed by atoms with E-state index in [-0.39, 0.29) is 0 Å². The van der Waals surface area contributed by atoms with Crippen molar-refractivity contribution < 1.29 is 4.74 Å². The zero-order valence-corrected chi connectivity index (χ0v) is 11.6. The zero-order chi connectivity index (χ0) is 13.3. The van der Waals surface area contributed by atoms with E-state index in [1.54, 1.807) is 7.11 Å². The van der Waals surface area contributed by atoms with E-state index < -0.39 is 0 Å². The molecule has 0 saturated heterocycles. The van der Waals surface area contributed by atoms with Gasteiger partial charge in [-0.1, -0.05) is 18.2 Å². The molecule has 0 spiro atoms. The number of fused-ring (bicyclic) bond motifs is 1. The highest BCUT2D eigenvalue weighted by molar-refractivity contribution is 5.54. The van der Waals surface area contributed by atoms with Gasteiger partial charge < -0.3 is 4.74 Å². The van der Waals surface area contributed by atoms with Crippen LogP contribution in [0.2, 0.25) is 0 Å². The molecule has 1 unspecified atom stereocenters. The van der Waals surface area contributed by atoms with Gasteiger partial charge in [-0.05, 0) is 12.8 Å². The minimum atomic E-state index is 0.321. The molecule has 19 heavy (non-hydrogen) atoms. The molecule has 0 radical (unpaired) electrons. The van der Waals surface area contributed by atoms with Crippen LogP contribution in [0.1, 0.15) is 24.8 Å². The first-order chi connectivity index (χ1) is 9.24. The number of methoxy groups -OCH3 is 1. The molecule has 1 aromatic carbocycles. The van der Waals surface area contributed by atoms with Crippen LogP contribution in [-0.2, 0) is 11.2 Å². The fourth-order valence-corrected chi connectivity index (χ4v) is 3.09. The van der Waals surface area contributed by atoms with Crippen LogP contribution in [0.5, 0.6) is 0 Å². The maximum atomic E-state index is 6.75. The van der Waals surface area contributed by atoms with E-state index in [1.807, 2.05) is 0 Å². The summed E-state index contributed by atoms with van der Waals surface area (Å²) in [6.45, 7) is 1.70. The predicted octanol–water partition coefficient (Wildman–Crippen LogP) is 1.54. The van der Waals surface area contributed by atoms with Gasteiger partial charge in [0.15, 0.2) is 11.9 Å². The Balaban J connectivity index is 1.81. The smallest absolute Gasteiger partial charge is 0.169 e. The summed E-state index contributed by atoms with van der Waals surface area (Å²) in [5.41, 5.74) is 2.66. The fourth-order valence-electron chi connectivity index (χ4n) is 3.09. The normalized spacial score (nSPS) is 29.5. The first kappa shape index (κ1) is 13.1. The summed E-state index contributed by atoms with van der Waals surface area (Å²) in [7, 11) is 1.75. The molecule has 1 aromatic rings. The number of nitrogens with two attached hydrogens (primary N) is 1. The van der Waals surface area contributed by atoms with Crippen molar-refractivity contribution in [2.24, 2.45) is 5.84 Å². The van der Waals surface area contributed by atoms with E-state index in [1.165, 1.54) is 24.1 Å². The zero-order valence-electron chi connectivity index (χ0n) is 11.6. The average molecular weight is 262 g/mol. The van der Waals surface area contributed by atoms with Gasteiger partial charge in [-0.15, -0.1) is 0 Å². The van der Waals surface area contributed by atoms with Crippen molar-refractivity contribution in [2.45, 2.75) is 37.9 Å². The molecule has 2 atom stereocenters. The Labute approximate surface area is 115 Å². The molecular weight excluding hydrogens is 238 g/mol. The number of hydrogen-bond acceptors (Lipinski definition) is 3. The van der Waals surface area contributed by atoms with E-state index in [9.17, 15) is 0 Å². The van der Waals surface area contributed by atoms with E-state index in [0.717, 1.165) is 26.0 Å². The topological polar surface area (TPSA) is 47.3 Å². The van der Waals surface area contributed by atoms with E-state index in [4.69, 9.17) is 10.6 Å². The minimum absolute atomic E-state index is 0.321. The third-order valence-corrected chi connectivity index (χ3v) is 4.29. The van der Waals surface area contributed by atoms with Crippen molar-refractivity contribution in [3.05, 3.63) is 29.8 Å². The summed E-state index contributed by atoms with van der Waals surface area (Å²) in [6.07, 6.45) is 4.94. The summed E-state index contributed by atoms with van der Waals surface area (Å²) in [5.74, 6) is 6.75. The standard InChI is InChI=1S/C15H24N3O/c1-19-10-4-9-18(16)14-6-3-2-5-12(14)11-15(18)17-13-7-8-13/h2-3,5-6,13,15,17H,4,7-11,16H2,1H3/q+1/t15-,18?/m1/s1. The number of rotatable bonds is 6. The lowest BCUT2D eigenvalue weighted by Crippen LogP contribution is -2.66. The molecule has 3 N–H and O–H groups in total. The van der Waals surface area contributed by atoms with Crippen LogP contribution in [0.15, 0.2) is 24.3 Å². The molecule has 1 heterocycles. The lowest BCUT2D eigenvalue weighted by Gasteiger charge is -2.35. The van der Waals surface area contributed by atoms with Gasteiger partial charge in [0, 0.05) is 37.6 Å². The van der Waals surface area contributed by atoms with Crippen molar-refractivity contribution in [1.29, 1.82) is 0 Å². The molecule has 104 valence electrons. The Morgan fingerprint density at radius 1 is 1.37 bits per heavy atom. The van der Waals surface area contributed by atoms with Crippen molar-refractivity contribution in [3.8, 4) is 0 Å². The molecule has 1 fully saturated rings. The van der Waals surface area contributed by atoms with Crippen LogP contribution in [0, 0.1) is 0 Å². The molecule has 1 saturated carbocycles. The highest BCUT2D eigenvalue weighted by atomic mass is 16.5. The van der Waals surface area contributed by atoms with Crippen LogP contribution < -0.4 is 15.8 Å². The Morgan fingerprint density at radius 2 is 2.16 bits per heavy atom. The van der Waals surface area contributed by atoms with Gasteiger partial charge in [-0.2, -0.15) is 5.84 Å². The summed E-state index contributed by atoms with van der Waals surface area (Å²) in [5, 5.41) is 3.72. The minimum Gasteiger partial charge on any atom is -0.384 e. The van der Waals surface area contributed by atoms with Crippen LogP contribution in [-0.4, -0.2) is 32.5 Å². The Morgan fingerprint density at radius 3 is 2.89 bits per heavy atom. The number of hydrogen-bond donors (Lipinski definition) is 2. The van der Waals surface area contributed by atoms with Gasteiger partial charge in [-0.25, -0.2) is 4.59 Å². The van der Waals surface area contributed by atoms with Gasteiger partial charge >= 0.3 is 0 Å². The Kier molecular flexibility index (Phi) is 3.58. The predicted molar refractivity (Wildman–Crippen MR) is 77.4 cm³/mol. The number of nitrogens with zero attached hydrogens (tertiary/aromatic N) is 1.